The maximum absolute atomic E-state index is 11.8. The molecule has 0 unspecified atom stereocenters. The fraction of sp³-hybridized carbons (Fsp3) is 0.250. The van der Waals surface area contributed by atoms with Gasteiger partial charge in [-0.25, -0.2) is 14.5 Å². The third kappa shape index (κ3) is 2.32. The molecule has 18 heavy (non-hydrogen) atoms. The first kappa shape index (κ1) is 12.1. The van der Waals surface area contributed by atoms with Gasteiger partial charge < -0.3 is 5.32 Å². The lowest BCUT2D eigenvalue weighted by molar-refractivity contribution is -0.125. The standard InChI is InChI=1S/C12H13N3O3/c1-9(16)14-7-8-15(12(14)18)11(17)13-10-5-3-2-4-6-10/h2-6H,7-8H2,1H3,(H,13,17). The number of rotatable bonds is 1. The first-order valence-corrected chi connectivity index (χ1v) is 5.55. The Labute approximate surface area is 104 Å². The van der Waals surface area contributed by atoms with Gasteiger partial charge in [0.25, 0.3) is 0 Å². The Hall–Kier alpha value is -2.37. The van der Waals surface area contributed by atoms with E-state index in [1.54, 1.807) is 24.3 Å². The molecule has 0 aromatic heterocycles. The zero-order valence-corrected chi connectivity index (χ0v) is 9.92. The zero-order valence-electron chi connectivity index (χ0n) is 9.92. The van der Waals surface area contributed by atoms with Crippen LogP contribution in [0.1, 0.15) is 6.92 Å². The van der Waals surface area contributed by atoms with Crippen LogP contribution in [0.25, 0.3) is 0 Å². The third-order valence-corrected chi connectivity index (χ3v) is 2.66. The minimum absolute atomic E-state index is 0.219. The largest absolute Gasteiger partial charge is 0.334 e. The Kier molecular flexibility index (Phi) is 3.27. The van der Waals surface area contributed by atoms with Gasteiger partial charge in [0.1, 0.15) is 0 Å². The van der Waals surface area contributed by atoms with Gasteiger partial charge in [0.15, 0.2) is 0 Å². The summed E-state index contributed by atoms with van der Waals surface area (Å²) >= 11 is 0. The van der Waals surface area contributed by atoms with Crippen molar-refractivity contribution in [1.82, 2.24) is 9.80 Å². The molecule has 1 saturated heterocycles. The number of hydrogen-bond donors (Lipinski definition) is 1. The molecule has 1 aliphatic rings. The summed E-state index contributed by atoms with van der Waals surface area (Å²) in [5.74, 6) is -0.352. The molecular formula is C12H13N3O3. The van der Waals surface area contributed by atoms with Crippen LogP contribution in [0, 0.1) is 0 Å². The van der Waals surface area contributed by atoms with Gasteiger partial charge >= 0.3 is 12.1 Å². The molecule has 1 aromatic rings. The maximum atomic E-state index is 11.8. The Balaban J connectivity index is 2.03. The second-order valence-corrected chi connectivity index (χ2v) is 3.90. The van der Waals surface area contributed by atoms with Gasteiger partial charge in [0.2, 0.25) is 5.91 Å². The van der Waals surface area contributed by atoms with E-state index in [9.17, 15) is 14.4 Å². The summed E-state index contributed by atoms with van der Waals surface area (Å²) < 4.78 is 0. The summed E-state index contributed by atoms with van der Waals surface area (Å²) in [7, 11) is 0. The number of nitrogens with zero attached hydrogens (tertiary/aromatic N) is 2. The fourth-order valence-electron chi connectivity index (χ4n) is 1.73. The molecule has 1 aromatic carbocycles. The van der Waals surface area contributed by atoms with Crippen molar-refractivity contribution >= 4 is 23.7 Å². The van der Waals surface area contributed by atoms with Gasteiger partial charge in [-0.15, -0.1) is 0 Å². The summed E-state index contributed by atoms with van der Waals surface area (Å²) in [6, 6.07) is 7.74. The number of anilines is 1. The average molecular weight is 247 g/mol. The topological polar surface area (TPSA) is 69.7 Å². The second-order valence-electron chi connectivity index (χ2n) is 3.90. The fourth-order valence-corrected chi connectivity index (χ4v) is 1.73. The molecule has 1 N–H and O–H groups in total. The molecule has 1 fully saturated rings. The Morgan fingerprint density at radius 1 is 1.11 bits per heavy atom. The molecule has 0 aliphatic carbocycles. The molecule has 1 aliphatic heterocycles. The minimum Gasteiger partial charge on any atom is -0.307 e. The van der Waals surface area contributed by atoms with E-state index in [-0.39, 0.29) is 19.0 Å². The van der Waals surface area contributed by atoms with Gasteiger partial charge in [-0.3, -0.25) is 9.69 Å². The number of urea groups is 2. The van der Waals surface area contributed by atoms with Crippen molar-refractivity contribution in [2.45, 2.75) is 6.92 Å². The molecule has 1 heterocycles. The predicted molar refractivity (Wildman–Crippen MR) is 64.9 cm³/mol. The van der Waals surface area contributed by atoms with Crippen molar-refractivity contribution in [1.29, 1.82) is 0 Å². The van der Waals surface area contributed by atoms with Crippen LogP contribution in [0.5, 0.6) is 0 Å². The lowest BCUT2D eigenvalue weighted by atomic mass is 10.3. The van der Waals surface area contributed by atoms with Gasteiger partial charge in [-0.2, -0.15) is 0 Å². The predicted octanol–water partition coefficient (Wildman–Crippen LogP) is 1.50. The number of carbonyl (C=O) groups excluding carboxylic acids is 3. The SMILES string of the molecule is CC(=O)N1CCN(C(=O)Nc2ccccc2)C1=O. The molecular weight excluding hydrogens is 234 g/mol. The first-order chi connectivity index (χ1) is 8.59. The highest BCUT2D eigenvalue weighted by Crippen LogP contribution is 2.12. The molecule has 0 bridgehead atoms. The van der Waals surface area contributed by atoms with Crippen molar-refractivity contribution in [3.63, 3.8) is 0 Å². The number of carbonyl (C=O) groups is 3. The first-order valence-electron chi connectivity index (χ1n) is 5.55. The summed E-state index contributed by atoms with van der Waals surface area (Å²) in [6.45, 7) is 1.77. The quantitative estimate of drug-likeness (QED) is 0.817. The Morgan fingerprint density at radius 2 is 1.72 bits per heavy atom. The molecule has 2 rings (SSSR count). The van der Waals surface area contributed by atoms with Gasteiger partial charge in [-0.05, 0) is 12.1 Å². The molecule has 94 valence electrons. The molecule has 0 saturated carbocycles. The maximum Gasteiger partial charge on any atom is 0.334 e. The lowest BCUT2D eigenvalue weighted by Gasteiger charge is -2.15. The average Bonchev–Trinajstić information content (AvgIpc) is 2.72. The molecule has 0 spiro atoms. The number of imide groups is 2. The van der Waals surface area contributed by atoms with Crippen molar-refractivity contribution in [2.24, 2.45) is 0 Å². The van der Waals surface area contributed by atoms with E-state index in [0.717, 1.165) is 9.80 Å². The molecule has 6 heteroatoms. The highest BCUT2D eigenvalue weighted by atomic mass is 16.2. The van der Waals surface area contributed by atoms with Crippen LogP contribution in [-0.2, 0) is 4.79 Å². The minimum atomic E-state index is -0.573. The van der Waals surface area contributed by atoms with E-state index in [1.165, 1.54) is 6.92 Å². The van der Waals surface area contributed by atoms with E-state index in [4.69, 9.17) is 0 Å². The summed E-state index contributed by atoms with van der Waals surface area (Å²) in [5, 5.41) is 2.60. The van der Waals surface area contributed by atoms with Crippen molar-refractivity contribution in [3.05, 3.63) is 30.3 Å². The van der Waals surface area contributed by atoms with Gasteiger partial charge in [-0.1, -0.05) is 18.2 Å². The number of hydrogen-bond acceptors (Lipinski definition) is 3. The molecule has 0 atom stereocenters. The normalized spacial score (nSPS) is 14.8. The van der Waals surface area contributed by atoms with Crippen LogP contribution >= 0.6 is 0 Å². The molecule has 6 nitrogen and oxygen atoms in total. The number of para-hydroxylation sites is 1. The van der Waals surface area contributed by atoms with Crippen LogP contribution in [0.3, 0.4) is 0 Å². The Bertz CT molecular complexity index is 487. The summed E-state index contributed by atoms with van der Waals surface area (Å²) in [5.41, 5.74) is 0.608. The van der Waals surface area contributed by atoms with Crippen LogP contribution in [0.4, 0.5) is 15.3 Å². The smallest absolute Gasteiger partial charge is 0.307 e. The van der Waals surface area contributed by atoms with Gasteiger partial charge in [0.05, 0.1) is 6.54 Å². The van der Waals surface area contributed by atoms with Crippen molar-refractivity contribution in [3.8, 4) is 0 Å². The number of nitrogens with one attached hydrogen (secondary N) is 1. The lowest BCUT2D eigenvalue weighted by Crippen LogP contribution is -2.40. The van der Waals surface area contributed by atoms with E-state index >= 15 is 0 Å². The second kappa shape index (κ2) is 4.87. The highest BCUT2D eigenvalue weighted by Gasteiger charge is 2.35. The third-order valence-electron chi connectivity index (χ3n) is 2.66. The van der Waals surface area contributed by atoms with E-state index < -0.39 is 12.1 Å². The summed E-state index contributed by atoms with van der Waals surface area (Å²) in [4.78, 5) is 36.8. The van der Waals surface area contributed by atoms with Crippen LogP contribution < -0.4 is 5.32 Å². The van der Waals surface area contributed by atoms with Crippen molar-refractivity contribution < 1.29 is 14.4 Å². The van der Waals surface area contributed by atoms with E-state index in [2.05, 4.69) is 5.32 Å². The highest BCUT2D eigenvalue weighted by molar-refractivity contribution is 6.06. The molecule has 5 amide bonds. The van der Waals surface area contributed by atoms with Gasteiger partial charge in [0, 0.05) is 19.2 Å². The number of benzene rings is 1. The van der Waals surface area contributed by atoms with Crippen LogP contribution in [0.15, 0.2) is 30.3 Å². The zero-order chi connectivity index (χ0) is 13.1. The number of amides is 5. The van der Waals surface area contributed by atoms with Crippen LogP contribution in [-0.4, -0.2) is 40.9 Å². The van der Waals surface area contributed by atoms with Crippen LogP contribution in [0.2, 0.25) is 0 Å². The Morgan fingerprint density at radius 3 is 2.28 bits per heavy atom. The molecule has 0 radical (unpaired) electrons. The van der Waals surface area contributed by atoms with E-state index in [1.807, 2.05) is 6.07 Å². The van der Waals surface area contributed by atoms with Crippen molar-refractivity contribution in [2.75, 3.05) is 18.4 Å². The monoisotopic (exact) mass is 247 g/mol. The summed E-state index contributed by atoms with van der Waals surface area (Å²) in [6.07, 6.45) is 0. The van der Waals surface area contributed by atoms with E-state index in [0.29, 0.717) is 5.69 Å².